The summed E-state index contributed by atoms with van der Waals surface area (Å²) in [4.78, 5) is 26.9. The molecule has 0 saturated carbocycles. The van der Waals surface area contributed by atoms with Crippen molar-refractivity contribution in [2.45, 2.75) is 13.8 Å². The first-order valence-electron chi connectivity index (χ1n) is 7.26. The van der Waals surface area contributed by atoms with Crippen LogP contribution in [0.4, 0.5) is 5.69 Å². The van der Waals surface area contributed by atoms with Gasteiger partial charge in [0.05, 0.1) is 0 Å². The van der Waals surface area contributed by atoms with Crippen molar-refractivity contribution in [1.29, 1.82) is 0 Å². The molecular weight excluding hydrogens is 290 g/mol. The highest BCUT2D eigenvalue weighted by Crippen LogP contribution is 2.23. The van der Waals surface area contributed by atoms with Gasteiger partial charge in [-0.3, -0.25) is 9.59 Å². The third-order valence-corrected chi connectivity index (χ3v) is 3.98. The molecule has 5 heteroatoms. The van der Waals surface area contributed by atoms with E-state index in [9.17, 15) is 9.59 Å². The Morgan fingerprint density at radius 1 is 1.04 bits per heavy atom. The van der Waals surface area contributed by atoms with Crippen LogP contribution in [0.15, 0.2) is 42.5 Å². The first kappa shape index (κ1) is 14.8. The Balaban J connectivity index is 1.90. The molecule has 0 aliphatic rings. The first-order chi connectivity index (χ1) is 11.0. The predicted octanol–water partition coefficient (Wildman–Crippen LogP) is 3.14. The van der Waals surface area contributed by atoms with Gasteiger partial charge < -0.3 is 16.0 Å². The average Bonchev–Trinajstić information content (AvgIpc) is 2.82. The van der Waals surface area contributed by atoms with Crippen LogP contribution in [0.25, 0.3) is 10.9 Å². The molecule has 0 atom stereocenters. The van der Waals surface area contributed by atoms with Crippen molar-refractivity contribution in [3.63, 3.8) is 0 Å². The Bertz CT molecular complexity index is 925. The molecule has 3 rings (SSSR count). The number of anilines is 1. The number of aromatic nitrogens is 1. The second-order valence-electron chi connectivity index (χ2n) is 5.53. The number of nitrogens with two attached hydrogens (primary N) is 1. The average molecular weight is 307 g/mol. The van der Waals surface area contributed by atoms with Gasteiger partial charge >= 0.3 is 0 Å². The molecule has 1 aromatic heterocycles. The second-order valence-corrected chi connectivity index (χ2v) is 5.53. The third-order valence-electron chi connectivity index (χ3n) is 3.98. The minimum absolute atomic E-state index is 0.230. The van der Waals surface area contributed by atoms with Gasteiger partial charge in [0, 0.05) is 33.4 Å². The second kappa shape index (κ2) is 5.61. The summed E-state index contributed by atoms with van der Waals surface area (Å²) in [5, 5.41) is 3.82. The topological polar surface area (TPSA) is 88.0 Å². The maximum atomic E-state index is 12.4. The van der Waals surface area contributed by atoms with Gasteiger partial charge in [0.2, 0.25) is 5.91 Å². The molecule has 5 nitrogen and oxygen atoms in total. The summed E-state index contributed by atoms with van der Waals surface area (Å²) in [7, 11) is 0. The first-order valence-corrected chi connectivity index (χ1v) is 7.26. The molecule has 0 fully saturated rings. The van der Waals surface area contributed by atoms with E-state index in [-0.39, 0.29) is 5.91 Å². The zero-order valence-electron chi connectivity index (χ0n) is 12.9. The van der Waals surface area contributed by atoms with E-state index in [0.29, 0.717) is 16.8 Å². The van der Waals surface area contributed by atoms with Gasteiger partial charge in [0.1, 0.15) is 0 Å². The summed E-state index contributed by atoms with van der Waals surface area (Å²) in [6, 6.07) is 12.1. The number of aromatic amines is 1. The fraction of sp³-hybridized carbons (Fsp3) is 0.111. The number of carbonyl (C=O) groups is 2. The number of benzene rings is 2. The molecular formula is C18H17N3O2. The van der Waals surface area contributed by atoms with Crippen molar-refractivity contribution < 1.29 is 9.59 Å². The lowest BCUT2D eigenvalue weighted by Gasteiger charge is -2.07. The highest BCUT2D eigenvalue weighted by Gasteiger charge is 2.11. The number of nitrogens with one attached hydrogen (secondary N) is 2. The number of primary amides is 1. The third kappa shape index (κ3) is 2.81. The normalized spacial score (nSPS) is 10.7. The van der Waals surface area contributed by atoms with E-state index in [0.717, 1.165) is 22.2 Å². The highest BCUT2D eigenvalue weighted by atomic mass is 16.2. The van der Waals surface area contributed by atoms with E-state index >= 15 is 0 Å². The Morgan fingerprint density at radius 3 is 2.57 bits per heavy atom. The van der Waals surface area contributed by atoms with Crippen molar-refractivity contribution in [3.8, 4) is 0 Å². The maximum absolute atomic E-state index is 12.4. The minimum Gasteiger partial charge on any atom is -0.366 e. The number of amides is 2. The monoisotopic (exact) mass is 307 g/mol. The molecule has 23 heavy (non-hydrogen) atoms. The predicted molar refractivity (Wildman–Crippen MR) is 90.7 cm³/mol. The van der Waals surface area contributed by atoms with Gasteiger partial charge in [0.15, 0.2) is 0 Å². The Hall–Kier alpha value is -3.08. The Labute approximate surface area is 133 Å². The lowest BCUT2D eigenvalue weighted by molar-refractivity contribution is 0.0996. The van der Waals surface area contributed by atoms with E-state index in [1.54, 1.807) is 30.3 Å². The van der Waals surface area contributed by atoms with Crippen LogP contribution in [0, 0.1) is 13.8 Å². The zero-order chi connectivity index (χ0) is 16.6. The van der Waals surface area contributed by atoms with Gasteiger partial charge in [-0.1, -0.05) is 6.07 Å². The van der Waals surface area contributed by atoms with E-state index in [4.69, 9.17) is 5.73 Å². The number of hydrogen-bond donors (Lipinski definition) is 3. The van der Waals surface area contributed by atoms with Gasteiger partial charge in [-0.05, 0) is 55.8 Å². The van der Waals surface area contributed by atoms with Crippen LogP contribution in [0.2, 0.25) is 0 Å². The molecule has 116 valence electrons. The molecule has 0 radical (unpaired) electrons. The van der Waals surface area contributed by atoms with Gasteiger partial charge in [-0.25, -0.2) is 0 Å². The van der Waals surface area contributed by atoms with Crippen LogP contribution in [0.1, 0.15) is 32.0 Å². The largest absolute Gasteiger partial charge is 0.366 e. The zero-order valence-corrected chi connectivity index (χ0v) is 12.9. The number of aryl methyl sites for hydroxylation is 2. The molecule has 0 bridgehead atoms. The number of rotatable bonds is 3. The van der Waals surface area contributed by atoms with Crippen LogP contribution in [0.3, 0.4) is 0 Å². The SMILES string of the molecule is Cc1[nH]c2ccc(C(=O)Nc3cccc(C(N)=O)c3)cc2c1C. The molecule has 0 aliphatic heterocycles. The summed E-state index contributed by atoms with van der Waals surface area (Å²) in [6.07, 6.45) is 0. The molecule has 0 unspecified atom stereocenters. The number of fused-ring (bicyclic) bond motifs is 1. The van der Waals surface area contributed by atoms with E-state index in [1.165, 1.54) is 0 Å². The van der Waals surface area contributed by atoms with Crippen molar-refractivity contribution >= 4 is 28.4 Å². The van der Waals surface area contributed by atoms with E-state index < -0.39 is 5.91 Å². The van der Waals surface area contributed by atoms with Crippen molar-refractivity contribution in [1.82, 2.24) is 4.98 Å². The van der Waals surface area contributed by atoms with E-state index in [1.807, 2.05) is 26.0 Å². The molecule has 4 N–H and O–H groups in total. The van der Waals surface area contributed by atoms with Gasteiger partial charge in [-0.15, -0.1) is 0 Å². The number of carbonyl (C=O) groups excluding carboxylic acids is 2. The number of H-pyrrole nitrogens is 1. The Morgan fingerprint density at radius 2 is 1.83 bits per heavy atom. The molecule has 2 aromatic carbocycles. The van der Waals surface area contributed by atoms with E-state index in [2.05, 4.69) is 10.3 Å². The maximum Gasteiger partial charge on any atom is 0.255 e. The minimum atomic E-state index is -0.527. The summed E-state index contributed by atoms with van der Waals surface area (Å²) in [6.45, 7) is 4.02. The summed E-state index contributed by atoms with van der Waals surface area (Å²) < 4.78 is 0. The summed E-state index contributed by atoms with van der Waals surface area (Å²) in [5.41, 5.74) is 9.93. The number of hydrogen-bond acceptors (Lipinski definition) is 2. The summed E-state index contributed by atoms with van der Waals surface area (Å²) >= 11 is 0. The van der Waals surface area contributed by atoms with Crippen LogP contribution in [0.5, 0.6) is 0 Å². The van der Waals surface area contributed by atoms with Gasteiger partial charge in [-0.2, -0.15) is 0 Å². The highest BCUT2D eigenvalue weighted by molar-refractivity contribution is 6.07. The molecule has 2 amide bonds. The van der Waals surface area contributed by atoms with Crippen molar-refractivity contribution in [3.05, 3.63) is 64.8 Å². The summed E-state index contributed by atoms with van der Waals surface area (Å²) in [5.74, 6) is -0.757. The lowest BCUT2D eigenvalue weighted by Crippen LogP contribution is -2.14. The van der Waals surface area contributed by atoms with Crippen molar-refractivity contribution in [2.75, 3.05) is 5.32 Å². The standard InChI is InChI=1S/C18H17N3O2/c1-10-11(2)20-16-7-6-13(9-15(10)16)18(23)21-14-5-3-4-12(8-14)17(19)22/h3-9,20H,1-2H3,(H2,19,22)(H,21,23). The molecule has 3 aromatic rings. The quantitative estimate of drug-likeness (QED) is 0.694. The van der Waals surface area contributed by atoms with Crippen LogP contribution in [-0.4, -0.2) is 16.8 Å². The fourth-order valence-electron chi connectivity index (χ4n) is 2.56. The molecule has 1 heterocycles. The molecule has 0 saturated heterocycles. The Kier molecular flexibility index (Phi) is 3.62. The van der Waals surface area contributed by atoms with Crippen LogP contribution < -0.4 is 11.1 Å². The van der Waals surface area contributed by atoms with Crippen LogP contribution in [-0.2, 0) is 0 Å². The van der Waals surface area contributed by atoms with Crippen LogP contribution >= 0.6 is 0 Å². The molecule has 0 spiro atoms. The fourth-order valence-corrected chi connectivity index (χ4v) is 2.56. The lowest BCUT2D eigenvalue weighted by atomic mass is 10.1. The smallest absolute Gasteiger partial charge is 0.255 e. The van der Waals surface area contributed by atoms with Crippen molar-refractivity contribution in [2.24, 2.45) is 5.73 Å². The van der Waals surface area contributed by atoms with Gasteiger partial charge in [0.25, 0.3) is 5.91 Å². The molecule has 0 aliphatic carbocycles.